The van der Waals surface area contributed by atoms with Crippen molar-refractivity contribution in [2.24, 2.45) is 5.92 Å². The van der Waals surface area contributed by atoms with Crippen LogP contribution in [-0.2, 0) is 6.54 Å². The van der Waals surface area contributed by atoms with Crippen LogP contribution in [0.3, 0.4) is 0 Å². The van der Waals surface area contributed by atoms with Gasteiger partial charge in [0.25, 0.3) is 5.91 Å². The predicted molar refractivity (Wildman–Crippen MR) is 119 cm³/mol. The number of nitrogens with one attached hydrogen (secondary N) is 1. The number of carbonyl (C=O) groups is 1. The third-order valence-corrected chi connectivity index (χ3v) is 6.45. The molecule has 156 valence electrons. The van der Waals surface area contributed by atoms with Crippen LogP contribution < -0.4 is 5.32 Å². The molecule has 1 aliphatic heterocycles. The number of nitrogens with zero attached hydrogens (tertiary/aromatic N) is 3. The van der Waals surface area contributed by atoms with Gasteiger partial charge in [-0.05, 0) is 56.0 Å². The average Bonchev–Trinajstić information content (AvgIpc) is 3.26. The van der Waals surface area contributed by atoms with Crippen molar-refractivity contribution in [2.75, 3.05) is 19.6 Å². The molecule has 3 aromatic rings. The Morgan fingerprint density at radius 2 is 1.87 bits per heavy atom. The molecule has 1 amide bonds. The number of benzene rings is 1. The van der Waals surface area contributed by atoms with E-state index < -0.39 is 0 Å². The Labute approximate surface area is 178 Å². The number of amides is 1. The molecular weight excluding hydrogens is 372 g/mol. The maximum atomic E-state index is 13.1. The first-order chi connectivity index (χ1) is 14.8. The summed E-state index contributed by atoms with van der Waals surface area (Å²) in [5.74, 6) is 1.16. The smallest absolute Gasteiger partial charge is 0.268 e. The summed E-state index contributed by atoms with van der Waals surface area (Å²) in [6, 6.07) is 16.4. The largest absolute Gasteiger partial charge is 0.350 e. The van der Waals surface area contributed by atoms with E-state index in [0.29, 0.717) is 18.2 Å². The van der Waals surface area contributed by atoms with Crippen LogP contribution in [0, 0.1) is 5.92 Å². The Kier molecular flexibility index (Phi) is 5.54. The number of rotatable bonds is 8. The van der Waals surface area contributed by atoms with Crippen LogP contribution in [0.5, 0.6) is 0 Å². The molecule has 5 heteroatoms. The first kappa shape index (κ1) is 19.3. The summed E-state index contributed by atoms with van der Waals surface area (Å²) in [6.07, 6.45) is 8.37. The number of pyridine rings is 1. The van der Waals surface area contributed by atoms with Crippen LogP contribution >= 0.6 is 0 Å². The molecule has 2 aliphatic rings. The highest BCUT2D eigenvalue weighted by Gasteiger charge is 2.27. The Morgan fingerprint density at radius 3 is 2.63 bits per heavy atom. The van der Waals surface area contributed by atoms with E-state index in [2.05, 4.69) is 40.5 Å². The van der Waals surface area contributed by atoms with Gasteiger partial charge in [-0.1, -0.05) is 49.2 Å². The lowest BCUT2D eigenvalue weighted by Gasteiger charge is -2.18. The molecule has 5 rings (SSSR count). The maximum absolute atomic E-state index is 13.1. The van der Waals surface area contributed by atoms with E-state index in [1.165, 1.54) is 31.2 Å². The zero-order valence-corrected chi connectivity index (χ0v) is 17.5. The Hall–Kier alpha value is -2.66. The quantitative estimate of drug-likeness (QED) is 0.613. The van der Waals surface area contributed by atoms with E-state index in [4.69, 9.17) is 4.98 Å². The lowest BCUT2D eigenvalue weighted by molar-refractivity contribution is 0.0944. The third kappa shape index (κ3) is 4.41. The minimum atomic E-state index is -0.0255. The predicted octanol–water partition coefficient (Wildman–Crippen LogP) is 4.24. The van der Waals surface area contributed by atoms with Crippen molar-refractivity contribution in [1.29, 1.82) is 0 Å². The Morgan fingerprint density at radius 1 is 1.07 bits per heavy atom. The number of likely N-dealkylation sites (tertiary alicyclic amines) is 1. The molecule has 1 saturated heterocycles. The summed E-state index contributed by atoms with van der Waals surface area (Å²) in [7, 11) is 0. The summed E-state index contributed by atoms with van der Waals surface area (Å²) in [5, 5.41) is 3.21. The number of carbonyl (C=O) groups excluding carboxylic acids is 1. The van der Waals surface area contributed by atoms with E-state index in [1.54, 1.807) is 0 Å². The summed E-state index contributed by atoms with van der Waals surface area (Å²) in [6.45, 7) is 3.82. The van der Waals surface area contributed by atoms with Gasteiger partial charge in [-0.2, -0.15) is 0 Å². The molecule has 0 radical (unpaired) electrons. The molecule has 0 bridgehead atoms. The molecule has 2 fully saturated rings. The summed E-state index contributed by atoms with van der Waals surface area (Å²) >= 11 is 0. The van der Waals surface area contributed by atoms with Crippen molar-refractivity contribution in [1.82, 2.24) is 19.6 Å². The molecular formula is C25H30N4O. The van der Waals surface area contributed by atoms with Gasteiger partial charge >= 0.3 is 0 Å². The van der Waals surface area contributed by atoms with Gasteiger partial charge in [0.15, 0.2) is 0 Å². The van der Waals surface area contributed by atoms with Gasteiger partial charge in [0.1, 0.15) is 11.3 Å². The first-order valence-electron chi connectivity index (χ1n) is 11.3. The Balaban J connectivity index is 1.30. The van der Waals surface area contributed by atoms with Crippen LogP contribution in [0.15, 0.2) is 54.7 Å². The zero-order chi connectivity index (χ0) is 20.3. The molecule has 5 nitrogen and oxygen atoms in total. The van der Waals surface area contributed by atoms with Gasteiger partial charge in [0.2, 0.25) is 0 Å². The minimum absolute atomic E-state index is 0.0255. The number of fused-ring (bicyclic) bond motifs is 1. The van der Waals surface area contributed by atoms with Crippen LogP contribution in [0.4, 0.5) is 0 Å². The van der Waals surface area contributed by atoms with E-state index in [-0.39, 0.29) is 5.91 Å². The van der Waals surface area contributed by atoms with Crippen molar-refractivity contribution >= 4 is 11.6 Å². The van der Waals surface area contributed by atoms with Crippen LogP contribution in [-0.4, -0.2) is 39.8 Å². The molecule has 2 aromatic heterocycles. The maximum Gasteiger partial charge on any atom is 0.268 e. The summed E-state index contributed by atoms with van der Waals surface area (Å²) in [5.41, 5.74) is 3.85. The van der Waals surface area contributed by atoms with Crippen molar-refractivity contribution < 1.29 is 4.79 Å². The van der Waals surface area contributed by atoms with Crippen molar-refractivity contribution in [3.05, 3.63) is 71.7 Å². The van der Waals surface area contributed by atoms with E-state index >= 15 is 0 Å². The van der Waals surface area contributed by atoms with Gasteiger partial charge < -0.3 is 5.32 Å². The van der Waals surface area contributed by atoms with Crippen molar-refractivity contribution in [3.63, 3.8) is 0 Å². The van der Waals surface area contributed by atoms with Crippen molar-refractivity contribution in [2.45, 2.75) is 44.6 Å². The van der Waals surface area contributed by atoms with Gasteiger partial charge in [0.05, 0.1) is 5.69 Å². The molecule has 1 N–H and O–H groups in total. The summed E-state index contributed by atoms with van der Waals surface area (Å²) in [4.78, 5) is 20.3. The monoisotopic (exact) mass is 402 g/mol. The summed E-state index contributed by atoms with van der Waals surface area (Å²) < 4.78 is 1.94. The number of aromatic nitrogens is 2. The number of hydrogen-bond donors (Lipinski definition) is 1. The second-order valence-corrected chi connectivity index (χ2v) is 8.85. The highest BCUT2D eigenvalue weighted by atomic mass is 16.1. The molecule has 0 spiro atoms. The van der Waals surface area contributed by atoms with E-state index in [9.17, 15) is 4.79 Å². The molecule has 1 aliphatic carbocycles. The van der Waals surface area contributed by atoms with Crippen molar-refractivity contribution in [3.8, 4) is 0 Å². The standard InChI is InChI=1S/C25H30N4O/c30-25(26-16-21(15-19-11-12-19)20-7-2-1-3-8-20)23-9-6-10-24-27-22(18-29(23)24)17-28-13-4-5-14-28/h1-3,6-10,18-19,21H,4-5,11-17H2,(H,26,30). The van der Waals surface area contributed by atoms with Gasteiger partial charge in [0, 0.05) is 25.2 Å². The molecule has 1 unspecified atom stereocenters. The normalized spacial score (nSPS) is 18.0. The van der Waals surface area contributed by atoms with Crippen LogP contribution in [0.2, 0.25) is 0 Å². The van der Waals surface area contributed by atoms with E-state index in [0.717, 1.165) is 43.3 Å². The van der Waals surface area contributed by atoms with Crippen LogP contribution in [0.1, 0.15) is 59.8 Å². The SMILES string of the molecule is O=C(NCC(CC1CC1)c1ccccc1)c1cccc2nc(CN3CCCC3)cn12. The molecule has 3 heterocycles. The fourth-order valence-electron chi connectivity index (χ4n) is 4.62. The molecule has 1 atom stereocenters. The molecule has 30 heavy (non-hydrogen) atoms. The fourth-order valence-corrected chi connectivity index (χ4v) is 4.62. The zero-order valence-electron chi connectivity index (χ0n) is 17.5. The highest BCUT2D eigenvalue weighted by molar-refractivity contribution is 5.93. The highest BCUT2D eigenvalue weighted by Crippen LogP contribution is 2.38. The average molecular weight is 403 g/mol. The minimum Gasteiger partial charge on any atom is -0.350 e. The fraction of sp³-hybridized carbons (Fsp3) is 0.440. The van der Waals surface area contributed by atoms with Gasteiger partial charge in [-0.15, -0.1) is 0 Å². The lowest BCUT2D eigenvalue weighted by Crippen LogP contribution is -2.30. The molecule has 1 saturated carbocycles. The van der Waals surface area contributed by atoms with E-state index in [1.807, 2.05) is 28.8 Å². The molecule has 1 aromatic carbocycles. The lowest BCUT2D eigenvalue weighted by atomic mass is 9.93. The third-order valence-electron chi connectivity index (χ3n) is 6.45. The second kappa shape index (κ2) is 8.60. The Bertz CT molecular complexity index is 1000. The van der Waals surface area contributed by atoms with Gasteiger partial charge in [-0.25, -0.2) is 4.98 Å². The number of hydrogen-bond acceptors (Lipinski definition) is 3. The second-order valence-electron chi connectivity index (χ2n) is 8.85. The first-order valence-corrected chi connectivity index (χ1v) is 11.3. The van der Waals surface area contributed by atoms with Crippen LogP contribution in [0.25, 0.3) is 5.65 Å². The topological polar surface area (TPSA) is 49.6 Å². The number of imidazole rings is 1. The van der Waals surface area contributed by atoms with Gasteiger partial charge in [-0.3, -0.25) is 14.1 Å².